The smallest absolute Gasteiger partial charge is 0.332 e. The van der Waals surface area contributed by atoms with Crippen LogP contribution in [-0.2, 0) is 85.4 Å². The van der Waals surface area contributed by atoms with Crippen LogP contribution in [-0.4, -0.2) is 222 Å². The van der Waals surface area contributed by atoms with Crippen molar-refractivity contribution in [2.45, 2.75) is 34.6 Å². The van der Waals surface area contributed by atoms with Crippen LogP contribution in [0, 0.1) is 0 Å². The van der Waals surface area contributed by atoms with Crippen LogP contribution in [0.4, 0.5) is 0 Å². The highest BCUT2D eigenvalue weighted by atomic mass is 16.6. The molecule has 0 aromatic carbocycles. The minimum absolute atomic E-state index is 0. The van der Waals surface area contributed by atoms with E-state index >= 15 is 0 Å². The Morgan fingerprint density at radius 1 is 0.316 bits per heavy atom. The molecule has 0 saturated carbocycles. The third kappa shape index (κ3) is 58.7. The van der Waals surface area contributed by atoms with E-state index in [0.717, 1.165) is 13.0 Å². The van der Waals surface area contributed by atoms with Gasteiger partial charge in [0.05, 0.1) is 185 Å². The highest BCUT2D eigenvalue weighted by Crippen LogP contribution is 1.89. The Hall–Kier alpha value is -1.66. The van der Waals surface area contributed by atoms with E-state index in [0.29, 0.717) is 178 Å². The van der Waals surface area contributed by atoms with E-state index in [1.54, 1.807) is 13.8 Å². The van der Waals surface area contributed by atoms with Crippen molar-refractivity contribution in [1.82, 2.24) is 0 Å². The summed E-state index contributed by atoms with van der Waals surface area (Å²) >= 11 is 0. The Morgan fingerprint density at radius 2 is 0.509 bits per heavy atom. The van der Waals surface area contributed by atoms with Crippen LogP contribution in [0.25, 0.3) is 0 Å². The molecule has 344 valence electrons. The molecule has 19 heteroatoms. The minimum Gasteiger partial charge on any atom is -0.464 e. The summed E-state index contributed by atoms with van der Waals surface area (Å²) in [6.45, 7) is 19.0. The molecule has 0 aliphatic carbocycles. The lowest BCUT2D eigenvalue weighted by Crippen LogP contribution is -2.16. The van der Waals surface area contributed by atoms with E-state index in [1.165, 1.54) is 0 Å². The van der Waals surface area contributed by atoms with Gasteiger partial charge in [-0.3, -0.25) is 0 Å². The summed E-state index contributed by atoms with van der Waals surface area (Å²) in [7, 11) is 0. The zero-order chi connectivity index (χ0) is 41.1. The fourth-order valence-electron chi connectivity index (χ4n) is 3.56. The number of hydrogen-bond donors (Lipinski definition) is 1. The van der Waals surface area contributed by atoms with Crippen LogP contribution in [0.3, 0.4) is 0 Å². The van der Waals surface area contributed by atoms with Crippen LogP contribution in [0.15, 0.2) is 0 Å². The molecule has 0 aliphatic rings. The van der Waals surface area contributed by atoms with Crippen molar-refractivity contribution in [1.29, 1.82) is 0 Å². The molecule has 19 nitrogen and oxygen atoms in total. The van der Waals surface area contributed by atoms with Gasteiger partial charge in [0.25, 0.3) is 0 Å². The molecule has 57 heavy (non-hydrogen) atoms. The van der Waals surface area contributed by atoms with E-state index in [1.807, 2.05) is 0 Å². The Labute approximate surface area is 341 Å². The highest BCUT2D eigenvalue weighted by Gasteiger charge is 2.02. The molecule has 0 rings (SSSR count). The molecule has 0 saturated heterocycles. The number of rotatable bonds is 46. The van der Waals surface area contributed by atoms with Crippen LogP contribution < -0.4 is 0 Å². The summed E-state index contributed by atoms with van der Waals surface area (Å²) in [4.78, 5) is 22.0. The van der Waals surface area contributed by atoms with Crippen molar-refractivity contribution in [3.63, 3.8) is 0 Å². The van der Waals surface area contributed by atoms with Crippen molar-refractivity contribution in [3.8, 4) is 0 Å². The Morgan fingerprint density at radius 3 is 0.702 bits per heavy atom. The highest BCUT2D eigenvalue weighted by molar-refractivity contribution is 5.70. The fourth-order valence-corrected chi connectivity index (χ4v) is 3.56. The topological polar surface area (TPSA) is 202 Å². The molecule has 0 fully saturated rings. The maximum absolute atomic E-state index is 11.0. The lowest BCUT2D eigenvalue weighted by atomic mass is 10.5. The fraction of sp³-hybridized carbons (Fsp3) is 0.947. The van der Waals surface area contributed by atoms with Gasteiger partial charge in [-0.1, -0.05) is 14.4 Å². The molecule has 0 bridgehead atoms. The molecule has 0 aliphatic heterocycles. The third-order valence-electron chi connectivity index (χ3n) is 6.10. The van der Waals surface area contributed by atoms with Crippen LogP contribution >= 0.6 is 0 Å². The second-order valence-electron chi connectivity index (χ2n) is 10.8. The average Bonchev–Trinajstić information content (AvgIpc) is 3.19. The lowest BCUT2D eigenvalue weighted by molar-refractivity contribution is -0.149. The summed E-state index contributed by atoms with van der Waals surface area (Å²) in [5.74, 6) is -0.734. The maximum atomic E-state index is 11.0. The molecular weight excluding hydrogens is 760 g/mol. The summed E-state index contributed by atoms with van der Waals surface area (Å²) < 4.78 is 83.5. The zero-order valence-electron chi connectivity index (χ0n) is 34.4. The SMILES string of the molecule is C.CCCOCCOCCOCCOCCOCCOCCOCC(=O)OCC.CCOC(=O)COCCOCCOCCOCCOCCOCCOCCO. The predicted octanol–water partition coefficient (Wildman–Crippen LogP) is 1.37. The summed E-state index contributed by atoms with van der Waals surface area (Å²) in [6, 6.07) is 0. The molecule has 0 atom stereocenters. The van der Waals surface area contributed by atoms with Crippen LogP contribution in [0.5, 0.6) is 0 Å². The number of carbonyl (C=O) groups excluding carboxylic acids is 2. The van der Waals surface area contributed by atoms with Crippen molar-refractivity contribution in [3.05, 3.63) is 0 Å². The number of esters is 2. The van der Waals surface area contributed by atoms with Gasteiger partial charge in [-0.25, -0.2) is 9.59 Å². The van der Waals surface area contributed by atoms with Gasteiger partial charge in [-0.2, -0.15) is 0 Å². The molecule has 0 radical (unpaired) electrons. The van der Waals surface area contributed by atoms with Crippen molar-refractivity contribution in [2.75, 3.05) is 205 Å². The molecule has 0 spiro atoms. The largest absolute Gasteiger partial charge is 0.464 e. The Kier molecular flexibility index (Phi) is 59.1. The first-order valence-corrected chi connectivity index (χ1v) is 19.6. The van der Waals surface area contributed by atoms with Gasteiger partial charge in [0.1, 0.15) is 13.2 Å². The van der Waals surface area contributed by atoms with Gasteiger partial charge in [0.2, 0.25) is 0 Å². The summed E-state index contributed by atoms with van der Waals surface area (Å²) in [5, 5.41) is 8.52. The molecule has 0 aromatic rings. The molecule has 0 amide bonds. The number of aliphatic hydroxyl groups is 1. The Bertz CT molecular complexity index is 693. The Balaban J connectivity index is -0.00000101. The first-order valence-electron chi connectivity index (χ1n) is 19.6. The third-order valence-corrected chi connectivity index (χ3v) is 6.10. The first kappa shape index (κ1) is 59.7. The van der Waals surface area contributed by atoms with Crippen LogP contribution in [0.1, 0.15) is 34.6 Å². The standard InChI is InChI=1S/C19H38O9.C18H36O10.CH4/c1-3-5-21-6-7-22-8-9-23-10-11-24-12-13-25-14-15-26-16-17-27-18-19(20)28-4-2;1-2-28-18(20)17-27-16-15-26-14-13-25-12-11-24-10-9-23-8-7-22-6-5-21-4-3-19;/h3-18H2,1-2H3;19H,2-17H2,1H3;1H4. The second kappa shape index (κ2) is 56.4. The molecular formula is C38H78O19. The maximum Gasteiger partial charge on any atom is 0.332 e. The van der Waals surface area contributed by atoms with Gasteiger partial charge in [-0.15, -0.1) is 0 Å². The molecule has 0 unspecified atom stereocenters. The zero-order valence-corrected chi connectivity index (χ0v) is 34.4. The lowest BCUT2D eigenvalue weighted by Gasteiger charge is -2.08. The minimum atomic E-state index is -0.370. The second-order valence-corrected chi connectivity index (χ2v) is 10.8. The number of aliphatic hydroxyl groups excluding tert-OH is 1. The normalized spacial score (nSPS) is 10.9. The van der Waals surface area contributed by atoms with Gasteiger partial charge < -0.3 is 80.9 Å². The quantitative estimate of drug-likeness (QED) is 0.0680. The number of ether oxygens (including phenoxy) is 16. The van der Waals surface area contributed by atoms with Gasteiger partial charge in [0.15, 0.2) is 0 Å². The van der Waals surface area contributed by atoms with E-state index < -0.39 is 0 Å². The first-order chi connectivity index (χ1) is 27.6. The average molecular weight is 839 g/mol. The van der Waals surface area contributed by atoms with E-state index in [2.05, 4.69) is 6.92 Å². The van der Waals surface area contributed by atoms with Crippen molar-refractivity contribution >= 4 is 11.9 Å². The summed E-state index contributed by atoms with van der Waals surface area (Å²) in [5.41, 5.74) is 0. The van der Waals surface area contributed by atoms with E-state index in [-0.39, 0.29) is 39.2 Å². The van der Waals surface area contributed by atoms with Gasteiger partial charge in [0, 0.05) is 6.61 Å². The van der Waals surface area contributed by atoms with Crippen molar-refractivity contribution in [2.24, 2.45) is 0 Å². The van der Waals surface area contributed by atoms with Crippen LogP contribution in [0.2, 0.25) is 0 Å². The summed E-state index contributed by atoms with van der Waals surface area (Å²) in [6.07, 6.45) is 1.02. The van der Waals surface area contributed by atoms with E-state index in [9.17, 15) is 9.59 Å². The van der Waals surface area contributed by atoms with E-state index in [4.69, 9.17) is 80.9 Å². The molecule has 0 heterocycles. The van der Waals surface area contributed by atoms with Crippen molar-refractivity contribution < 1.29 is 90.5 Å². The van der Waals surface area contributed by atoms with Gasteiger partial charge in [-0.05, 0) is 20.3 Å². The predicted molar refractivity (Wildman–Crippen MR) is 209 cm³/mol. The molecule has 1 N–H and O–H groups in total. The monoisotopic (exact) mass is 839 g/mol. The molecule has 0 aromatic heterocycles. The number of hydrogen-bond acceptors (Lipinski definition) is 19. The number of carbonyl (C=O) groups is 2. The van der Waals surface area contributed by atoms with Gasteiger partial charge >= 0.3 is 11.9 Å².